The first-order chi connectivity index (χ1) is 23.3. The summed E-state index contributed by atoms with van der Waals surface area (Å²) in [4.78, 5) is 36.0. The summed E-state index contributed by atoms with van der Waals surface area (Å²) in [7, 11) is 3.52. The molecule has 248 valence electrons. The SMILES string of the molecule is COc1nc(-c2cccc(-c3cccc(-c4ccn5c(=O)c(CN(C)CCN)cnc5c4)c3Cl)c2Cl)ccc1CNCC1CCC(=O)N1. The predicted octanol–water partition coefficient (Wildman–Crippen LogP) is 5.16. The van der Waals surface area contributed by atoms with Gasteiger partial charge < -0.3 is 26.0 Å². The molecule has 0 bridgehead atoms. The number of pyridine rings is 2. The predicted molar refractivity (Wildman–Crippen MR) is 190 cm³/mol. The molecule has 1 aliphatic rings. The van der Waals surface area contributed by atoms with Crippen molar-refractivity contribution in [1.82, 2.24) is 29.9 Å². The molecule has 0 saturated carbocycles. The number of nitrogens with zero attached hydrogens (tertiary/aromatic N) is 4. The highest BCUT2D eigenvalue weighted by molar-refractivity contribution is 6.39. The zero-order valence-corrected chi connectivity index (χ0v) is 28.3. The summed E-state index contributed by atoms with van der Waals surface area (Å²) in [6.45, 7) is 2.88. The summed E-state index contributed by atoms with van der Waals surface area (Å²) in [5, 5.41) is 7.39. The monoisotopic (exact) mass is 685 g/mol. The lowest BCUT2D eigenvalue weighted by molar-refractivity contribution is -0.119. The Morgan fingerprint density at radius 2 is 1.75 bits per heavy atom. The molecule has 1 saturated heterocycles. The number of halogens is 2. The highest BCUT2D eigenvalue weighted by atomic mass is 35.5. The van der Waals surface area contributed by atoms with E-state index in [0.29, 0.717) is 72.0 Å². The van der Waals surface area contributed by atoms with E-state index >= 15 is 0 Å². The molecule has 4 heterocycles. The largest absolute Gasteiger partial charge is 0.481 e. The Hall–Kier alpha value is -4.32. The highest BCUT2D eigenvalue weighted by Crippen LogP contribution is 2.42. The molecule has 1 fully saturated rings. The van der Waals surface area contributed by atoms with E-state index < -0.39 is 0 Å². The van der Waals surface area contributed by atoms with E-state index in [1.54, 1.807) is 23.9 Å². The highest BCUT2D eigenvalue weighted by Gasteiger charge is 2.21. The van der Waals surface area contributed by atoms with Crippen LogP contribution in [0.3, 0.4) is 0 Å². The Bertz CT molecular complexity index is 2030. The van der Waals surface area contributed by atoms with Gasteiger partial charge >= 0.3 is 0 Å². The number of likely N-dealkylation sites (N-methyl/N-ethyl adjacent to an activating group) is 1. The van der Waals surface area contributed by atoms with Crippen molar-refractivity contribution in [2.45, 2.75) is 32.0 Å². The van der Waals surface area contributed by atoms with Crippen molar-refractivity contribution >= 4 is 34.8 Å². The van der Waals surface area contributed by atoms with Gasteiger partial charge in [0, 0.05) is 85.4 Å². The Morgan fingerprint density at radius 1 is 1.02 bits per heavy atom. The number of benzene rings is 2. The number of carbonyl (C=O) groups is 1. The Morgan fingerprint density at radius 3 is 2.46 bits per heavy atom. The van der Waals surface area contributed by atoms with Gasteiger partial charge in [0.2, 0.25) is 11.8 Å². The summed E-state index contributed by atoms with van der Waals surface area (Å²) >= 11 is 14.2. The molecule has 1 aliphatic heterocycles. The summed E-state index contributed by atoms with van der Waals surface area (Å²) in [6.07, 6.45) is 4.76. The van der Waals surface area contributed by atoms with Crippen LogP contribution in [0.15, 0.2) is 77.9 Å². The molecule has 0 spiro atoms. The maximum absolute atomic E-state index is 13.2. The first kappa shape index (κ1) is 33.6. The third-order valence-electron chi connectivity index (χ3n) is 8.53. The quantitative estimate of drug-likeness (QED) is 0.164. The van der Waals surface area contributed by atoms with Crippen LogP contribution in [-0.4, -0.2) is 65.0 Å². The van der Waals surface area contributed by atoms with Crippen LogP contribution in [0.4, 0.5) is 0 Å². The van der Waals surface area contributed by atoms with Crippen molar-refractivity contribution in [2.75, 3.05) is 33.8 Å². The van der Waals surface area contributed by atoms with Crippen LogP contribution in [0.1, 0.15) is 24.0 Å². The van der Waals surface area contributed by atoms with Gasteiger partial charge in [-0.05, 0) is 37.2 Å². The summed E-state index contributed by atoms with van der Waals surface area (Å²) in [5.74, 6) is 0.592. The van der Waals surface area contributed by atoms with Crippen molar-refractivity contribution in [1.29, 1.82) is 0 Å². The number of nitrogens with one attached hydrogen (secondary N) is 2. The zero-order valence-electron chi connectivity index (χ0n) is 26.8. The molecule has 5 aromatic rings. The van der Waals surface area contributed by atoms with Crippen LogP contribution in [0.2, 0.25) is 10.0 Å². The number of amides is 1. The fraction of sp³-hybridized carbons (Fsp3) is 0.278. The topological polar surface area (TPSA) is 127 Å². The van der Waals surface area contributed by atoms with Gasteiger partial charge in [0.15, 0.2) is 0 Å². The molecule has 0 aliphatic carbocycles. The minimum absolute atomic E-state index is 0.0958. The maximum atomic E-state index is 13.2. The summed E-state index contributed by atoms with van der Waals surface area (Å²) < 4.78 is 7.19. The second kappa shape index (κ2) is 14.8. The summed E-state index contributed by atoms with van der Waals surface area (Å²) in [6, 6.07) is 19.3. The standard InChI is InChI=1S/C36H37Cl2N7O3/c1-44(16-14-39)21-24-19-41-31-17-22(13-15-45(31)36(24)47)26-5-3-6-27(33(26)37)28-7-4-8-29(34(28)38)30-11-9-23(35(43-30)48-2)18-40-20-25-10-12-32(46)42-25/h3-9,11,13,15,17,19,25,40H,10,12,14,16,18,20-21,39H2,1-2H3,(H,42,46). The van der Waals surface area contributed by atoms with Crippen molar-refractivity contribution in [3.63, 3.8) is 0 Å². The van der Waals surface area contributed by atoms with Gasteiger partial charge in [0.25, 0.3) is 5.56 Å². The lowest BCUT2D eigenvalue weighted by Gasteiger charge is -2.16. The van der Waals surface area contributed by atoms with E-state index in [-0.39, 0.29) is 17.5 Å². The number of aromatic nitrogens is 3. The average molecular weight is 687 g/mol. The van der Waals surface area contributed by atoms with E-state index in [2.05, 4.69) is 15.6 Å². The molecular formula is C36H37Cl2N7O3. The lowest BCUT2D eigenvalue weighted by atomic mass is 9.97. The fourth-order valence-corrected chi connectivity index (χ4v) is 6.68. The Balaban J connectivity index is 1.27. The number of nitrogens with two attached hydrogens (primary N) is 1. The van der Waals surface area contributed by atoms with E-state index in [0.717, 1.165) is 39.8 Å². The van der Waals surface area contributed by atoms with Gasteiger partial charge in [-0.15, -0.1) is 0 Å². The number of ether oxygens (including phenoxy) is 1. The van der Waals surface area contributed by atoms with Crippen LogP contribution in [0.5, 0.6) is 5.88 Å². The second-order valence-corrected chi connectivity index (χ2v) is 12.6. The molecule has 1 unspecified atom stereocenters. The molecule has 1 atom stereocenters. The molecule has 4 N–H and O–H groups in total. The van der Waals surface area contributed by atoms with Crippen LogP contribution in [0, 0.1) is 0 Å². The van der Waals surface area contributed by atoms with Gasteiger partial charge in [0.1, 0.15) is 5.65 Å². The molecule has 48 heavy (non-hydrogen) atoms. The van der Waals surface area contributed by atoms with Gasteiger partial charge in [-0.3, -0.25) is 14.0 Å². The Kier molecular flexibility index (Phi) is 10.4. The molecule has 1 amide bonds. The summed E-state index contributed by atoms with van der Waals surface area (Å²) in [5.41, 5.74) is 12.1. The van der Waals surface area contributed by atoms with Crippen LogP contribution in [-0.2, 0) is 17.9 Å². The lowest BCUT2D eigenvalue weighted by Crippen LogP contribution is -2.35. The maximum Gasteiger partial charge on any atom is 0.262 e. The van der Waals surface area contributed by atoms with Crippen molar-refractivity contribution < 1.29 is 9.53 Å². The van der Waals surface area contributed by atoms with E-state index in [9.17, 15) is 9.59 Å². The van der Waals surface area contributed by atoms with Gasteiger partial charge in [-0.25, -0.2) is 9.97 Å². The van der Waals surface area contributed by atoms with E-state index in [4.69, 9.17) is 38.7 Å². The van der Waals surface area contributed by atoms with Crippen LogP contribution >= 0.6 is 23.2 Å². The second-order valence-electron chi connectivity index (χ2n) is 11.9. The third-order valence-corrected chi connectivity index (χ3v) is 9.34. The van der Waals surface area contributed by atoms with E-state index in [1.165, 1.54) is 0 Å². The number of fused-ring (bicyclic) bond motifs is 1. The van der Waals surface area contributed by atoms with Crippen molar-refractivity contribution in [3.05, 3.63) is 105 Å². The molecule has 6 rings (SSSR count). The minimum atomic E-state index is -0.118. The number of hydrogen-bond donors (Lipinski definition) is 3. The minimum Gasteiger partial charge on any atom is -0.481 e. The number of methoxy groups -OCH3 is 1. The number of rotatable bonds is 12. The fourth-order valence-electron chi connectivity index (χ4n) is 6.02. The van der Waals surface area contributed by atoms with Gasteiger partial charge in [0.05, 0.1) is 28.4 Å². The van der Waals surface area contributed by atoms with Gasteiger partial charge in [-0.1, -0.05) is 65.7 Å². The first-order valence-electron chi connectivity index (χ1n) is 15.8. The number of carbonyl (C=O) groups excluding carboxylic acids is 1. The van der Waals surface area contributed by atoms with Gasteiger partial charge in [-0.2, -0.15) is 0 Å². The average Bonchev–Trinajstić information content (AvgIpc) is 3.51. The van der Waals surface area contributed by atoms with Crippen LogP contribution < -0.4 is 26.7 Å². The Labute approximate surface area is 288 Å². The molecule has 0 radical (unpaired) electrons. The van der Waals surface area contributed by atoms with Crippen LogP contribution in [0.25, 0.3) is 39.2 Å². The number of hydrogen-bond acceptors (Lipinski definition) is 8. The normalized spacial score (nSPS) is 14.5. The molecule has 10 nitrogen and oxygen atoms in total. The zero-order chi connectivity index (χ0) is 33.8. The first-order valence-corrected chi connectivity index (χ1v) is 16.5. The molecule has 3 aromatic heterocycles. The molecule has 12 heteroatoms. The van der Waals surface area contributed by atoms with E-state index in [1.807, 2.05) is 72.6 Å². The van der Waals surface area contributed by atoms with Crippen molar-refractivity contribution in [3.8, 4) is 39.4 Å². The molecule has 2 aromatic carbocycles. The third kappa shape index (κ3) is 7.08. The smallest absolute Gasteiger partial charge is 0.262 e. The van der Waals surface area contributed by atoms with Crippen molar-refractivity contribution in [2.24, 2.45) is 5.73 Å². The molecular weight excluding hydrogens is 649 g/mol.